The van der Waals surface area contributed by atoms with Crippen LogP contribution in [0, 0.1) is 24.1 Å². The molecular formula is C34H28N2O6. The second-order valence-electron chi connectivity index (χ2n) is 8.28. The molecule has 0 spiro atoms. The average Bonchev–Trinajstić information content (AvgIpc) is 3.03. The molecule has 0 aromatic heterocycles. The number of nitrogens with zero attached hydrogens (tertiary/aromatic N) is 2. The smallest absolute Gasteiger partial charge is 0.344 e. The van der Waals surface area contributed by atoms with E-state index in [1.807, 2.05) is 48.5 Å². The molecule has 0 aliphatic heterocycles. The predicted molar refractivity (Wildman–Crippen MR) is 162 cm³/mol. The lowest BCUT2D eigenvalue weighted by Gasteiger charge is -2.06. The number of ether oxygens (including phenoxy) is 4. The van der Waals surface area contributed by atoms with Gasteiger partial charge in [0.2, 0.25) is 0 Å². The fourth-order valence-corrected chi connectivity index (χ4v) is 3.07. The Labute approximate surface area is 245 Å². The molecule has 0 N–H and O–H groups in total. The number of hydrogen-bond donors (Lipinski definition) is 0. The normalized spacial score (nSPS) is 10.1. The predicted octanol–water partition coefficient (Wildman–Crippen LogP) is 6.11. The van der Waals surface area contributed by atoms with Gasteiger partial charge in [-0.05, 0) is 72.5 Å². The number of hydrogen-bond acceptors (Lipinski definition) is 8. The molecule has 42 heavy (non-hydrogen) atoms. The van der Waals surface area contributed by atoms with Gasteiger partial charge in [-0.25, -0.2) is 9.59 Å². The first-order valence-corrected chi connectivity index (χ1v) is 12.9. The lowest BCUT2D eigenvalue weighted by atomic mass is 10.1. The molecule has 0 radical (unpaired) electrons. The zero-order valence-corrected chi connectivity index (χ0v) is 22.8. The molecule has 0 aliphatic rings. The largest absolute Gasteiger partial charge is 0.494 e. The highest BCUT2D eigenvalue weighted by Crippen LogP contribution is 2.19. The van der Waals surface area contributed by atoms with Crippen LogP contribution in [-0.2, 0) is 19.1 Å². The topological polar surface area (TPSA) is 95.8 Å². The standard InChI is InChI=1S/C34H28N2O6/c1-3-33(37)41-23-7-5-21-39-31-17-13-29(14-18-31)35-25-27-9-11-28(12-10-27)26-36-30-15-19-32(20-16-30)40-22-6-8-24-42-34(38)4-2/h3-4,9-20,25-26H,1-2,5,7,21,23H2. The monoisotopic (exact) mass is 560 g/mol. The molecule has 0 heterocycles. The summed E-state index contributed by atoms with van der Waals surface area (Å²) in [5.41, 5.74) is 3.45. The van der Waals surface area contributed by atoms with Crippen molar-refractivity contribution in [3.63, 3.8) is 0 Å². The van der Waals surface area contributed by atoms with Crippen molar-refractivity contribution < 1.29 is 28.5 Å². The van der Waals surface area contributed by atoms with Crippen molar-refractivity contribution in [3.8, 4) is 35.6 Å². The highest BCUT2D eigenvalue weighted by Gasteiger charge is 1.98. The van der Waals surface area contributed by atoms with Crippen LogP contribution >= 0.6 is 0 Å². The third-order valence-electron chi connectivity index (χ3n) is 5.21. The Morgan fingerprint density at radius 3 is 1.76 bits per heavy atom. The summed E-state index contributed by atoms with van der Waals surface area (Å²) >= 11 is 0. The zero-order valence-electron chi connectivity index (χ0n) is 22.8. The number of carbonyl (C=O) groups excluding carboxylic acids is 2. The minimum Gasteiger partial charge on any atom is -0.494 e. The summed E-state index contributed by atoms with van der Waals surface area (Å²) in [4.78, 5) is 30.8. The van der Waals surface area contributed by atoms with Crippen molar-refractivity contribution in [2.24, 2.45) is 9.98 Å². The van der Waals surface area contributed by atoms with Gasteiger partial charge in [-0.15, -0.1) is 0 Å². The number of aliphatic imine (C=N–C) groups is 2. The summed E-state index contributed by atoms with van der Waals surface area (Å²) in [5, 5.41) is 0. The molecular weight excluding hydrogens is 532 g/mol. The average molecular weight is 561 g/mol. The van der Waals surface area contributed by atoms with Gasteiger partial charge >= 0.3 is 11.9 Å². The van der Waals surface area contributed by atoms with E-state index in [9.17, 15) is 9.59 Å². The van der Waals surface area contributed by atoms with Gasteiger partial charge in [-0.1, -0.05) is 37.4 Å². The molecule has 0 unspecified atom stereocenters. The number of benzene rings is 3. The van der Waals surface area contributed by atoms with Gasteiger partial charge in [0.1, 0.15) is 23.7 Å². The minimum atomic E-state index is -0.646. The molecule has 0 saturated heterocycles. The molecule has 0 amide bonds. The van der Waals surface area contributed by atoms with Crippen molar-refractivity contribution >= 4 is 35.7 Å². The molecule has 8 nitrogen and oxygen atoms in total. The maximum Gasteiger partial charge on any atom is 0.344 e. The first-order chi connectivity index (χ1) is 20.6. The summed E-state index contributed by atoms with van der Waals surface area (Å²) in [6.45, 7) is 7.51. The third kappa shape index (κ3) is 11.9. The fourth-order valence-electron chi connectivity index (χ4n) is 3.07. The van der Waals surface area contributed by atoms with Crippen molar-refractivity contribution in [3.05, 3.63) is 109 Å². The number of carbonyl (C=O) groups is 2. The van der Waals surface area contributed by atoms with E-state index in [0.29, 0.717) is 19.0 Å². The highest BCUT2D eigenvalue weighted by atomic mass is 16.5. The van der Waals surface area contributed by atoms with Crippen molar-refractivity contribution in [1.29, 1.82) is 0 Å². The minimum absolute atomic E-state index is 0.356. The van der Waals surface area contributed by atoms with Gasteiger partial charge in [-0.3, -0.25) is 9.98 Å². The number of esters is 2. The van der Waals surface area contributed by atoms with Gasteiger partial charge < -0.3 is 18.9 Å². The molecule has 210 valence electrons. The molecule has 8 heteroatoms. The molecule has 3 aromatic rings. The van der Waals surface area contributed by atoms with Crippen LogP contribution in [0.15, 0.2) is 108 Å². The van der Waals surface area contributed by atoms with Gasteiger partial charge in [-0.2, -0.15) is 0 Å². The maximum atomic E-state index is 11.0. The second-order valence-corrected chi connectivity index (χ2v) is 8.28. The first-order valence-electron chi connectivity index (χ1n) is 12.9. The zero-order chi connectivity index (χ0) is 29.8. The second kappa shape index (κ2) is 17.7. The van der Waals surface area contributed by atoms with E-state index in [1.54, 1.807) is 36.7 Å². The summed E-state index contributed by atoms with van der Waals surface area (Å²) in [5.74, 6) is 4.97. The van der Waals surface area contributed by atoms with E-state index in [4.69, 9.17) is 14.2 Å². The Kier molecular flexibility index (Phi) is 12.9. The van der Waals surface area contributed by atoms with Crippen LogP contribution in [0.4, 0.5) is 11.4 Å². The maximum absolute atomic E-state index is 11.0. The molecule has 0 aliphatic carbocycles. The number of rotatable bonds is 13. The van der Waals surface area contributed by atoms with E-state index in [1.165, 1.54) is 0 Å². The van der Waals surface area contributed by atoms with Crippen LogP contribution in [0.1, 0.15) is 24.0 Å². The SMILES string of the molecule is C=CC(=O)OC#CC#COc1ccc(N=Cc2ccc(C=Nc3ccc(OCCCCOC(=O)C=C)cc3)cc2)cc1. The summed E-state index contributed by atoms with van der Waals surface area (Å²) in [6.07, 6.45) is 11.8. The van der Waals surface area contributed by atoms with Gasteiger partial charge in [0, 0.05) is 36.4 Å². The lowest BCUT2D eigenvalue weighted by Crippen LogP contribution is -2.04. The van der Waals surface area contributed by atoms with Crippen LogP contribution in [0.25, 0.3) is 0 Å². The van der Waals surface area contributed by atoms with Gasteiger partial charge in [0.05, 0.1) is 24.6 Å². The molecule has 3 rings (SSSR count). The molecule has 0 saturated carbocycles. The van der Waals surface area contributed by atoms with Crippen LogP contribution in [0.5, 0.6) is 11.5 Å². The molecule has 0 atom stereocenters. The lowest BCUT2D eigenvalue weighted by molar-refractivity contribution is -0.138. The Balaban J connectivity index is 1.41. The summed E-state index contributed by atoms with van der Waals surface area (Å²) in [6, 6.07) is 22.4. The Bertz CT molecular complexity index is 1530. The molecule has 0 fully saturated rings. The van der Waals surface area contributed by atoms with E-state index >= 15 is 0 Å². The van der Waals surface area contributed by atoms with Gasteiger partial charge in [0.25, 0.3) is 0 Å². The number of unbranched alkanes of at least 4 members (excludes halogenated alkanes) is 1. The first kappa shape index (κ1) is 30.7. The summed E-state index contributed by atoms with van der Waals surface area (Å²) < 4.78 is 20.4. The Morgan fingerprint density at radius 1 is 0.667 bits per heavy atom. The Morgan fingerprint density at radius 2 is 1.19 bits per heavy atom. The van der Waals surface area contributed by atoms with Crippen LogP contribution < -0.4 is 9.47 Å². The quantitative estimate of drug-likeness (QED) is 0.0824. The van der Waals surface area contributed by atoms with Crippen molar-refractivity contribution in [1.82, 2.24) is 0 Å². The molecule has 0 bridgehead atoms. The van der Waals surface area contributed by atoms with Crippen LogP contribution in [0.2, 0.25) is 0 Å². The Hall–Kier alpha value is -5.86. The van der Waals surface area contributed by atoms with Crippen molar-refractivity contribution in [2.45, 2.75) is 12.8 Å². The van der Waals surface area contributed by atoms with E-state index in [2.05, 4.69) is 51.9 Å². The van der Waals surface area contributed by atoms with Crippen molar-refractivity contribution in [2.75, 3.05) is 13.2 Å². The molecule has 3 aromatic carbocycles. The summed E-state index contributed by atoms with van der Waals surface area (Å²) in [7, 11) is 0. The fraction of sp³-hybridized carbons (Fsp3) is 0.118. The van der Waals surface area contributed by atoms with Gasteiger partial charge in [0.15, 0.2) is 0 Å². The highest BCUT2D eigenvalue weighted by molar-refractivity contribution is 5.86. The van der Waals surface area contributed by atoms with E-state index in [0.717, 1.165) is 53.2 Å². The van der Waals surface area contributed by atoms with E-state index in [-0.39, 0.29) is 0 Å². The van der Waals surface area contributed by atoms with E-state index < -0.39 is 11.9 Å². The third-order valence-corrected chi connectivity index (χ3v) is 5.21. The van der Waals surface area contributed by atoms with Crippen LogP contribution in [-0.4, -0.2) is 37.6 Å². The van der Waals surface area contributed by atoms with Crippen LogP contribution in [0.3, 0.4) is 0 Å².